The van der Waals surface area contributed by atoms with E-state index in [2.05, 4.69) is 17.1 Å². The average Bonchev–Trinajstić information content (AvgIpc) is 3.02. The summed E-state index contributed by atoms with van der Waals surface area (Å²) in [7, 11) is 0. The fourth-order valence-corrected chi connectivity index (χ4v) is 5.92. The summed E-state index contributed by atoms with van der Waals surface area (Å²) >= 11 is 0. The van der Waals surface area contributed by atoms with Crippen LogP contribution in [-0.2, 0) is 9.59 Å². The van der Waals surface area contributed by atoms with Crippen LogP contribution in [-0.4, -0.2) is 76.8 Å². The molecule has 0 aromatic carbocycles. The molecule has 1 aliphatic carbocycles. The van der Waals surface area contributed by atoms with Gasteiger partial charge in [-0.3, -0.25) is 14.5 Å². The summed E-state index contributed by atoms with van der Waals surface area (Å²) in [5.74, 6) is 0.830. The molecule has 1 N–H and O–H groups in total. The molecule has 0 aromatic rings. The van der Waals surface area contributed by atoms with E-state index in [9.17, 15) is 14.4 Å². The number of hydrogen-bond donors (Lipinski definition) is 1. The Hall–Kier alpha value is -1.63. The van der Waals surface area contributed by atoms with E-state index in [0.717, 1.165) is 45.4 Å². The molecule has 4 amide bonds. The number of nitrogens with one attached hydrogen (secondary N) is 1. The number of carbonyl (C=O) groups is 3. The highest BCUT2D eigenvalue weighted by Crippen LogP contribution is 2.33. The molecule has 1 unspecified atom stereocenters. The van der Waals surface area contributed by atoms with Crippen molar-refractivity contribution in [1.82, 2.24) is 20.0 Å². The Morgan fingerprint density at radius 2 is 1.77 bits per heavy atom. The van der Waals surface area contributed by atoms with Crippen molar-refractivity contribution >= 4 is 17.8 Å². The summed E-state index contributed by atoms with van der Waals surface area (Å²) in [6.07, 6.45) is 11.1. The van der Waals surface area contributed by atoms with Crippen LogP contribution in [0.15, 0.2) is 0 Å². The molecule has 0 bridgehead atoms. The first-order valence-electron chi connectivity index (χ1n) is 12.2. The largest absolute Gasteiger partial charge is 0.341 e. The lowest BCUT2D eigenvalue weighted by Gasteiger charge is -2.39. The maximum absolute atomic E-state index is 13.3. The van der Waals surface area contributed by atoms with Crippen molar-refractivity contribution in [1.29, 1.82) is 0 Å². The number of piperidine rings is 2. The summed E-state index contributed by atoms with van der Waals surface area (Å²) in [4.78, 5) is 44.6. The monoisotopic (exact) mass is 418 g/mol. The van der Waals surface area contributed by atoms with Gasteiger partial charge >= 0.3 is 6.03 Å². The Morgan fingerprint density at radius 1 is 1.03 bits per heavy atom. The molecule has 7 heteroatoms. The van der Waals surface area contributed by atoms with Crippen LogP contribution in [0.5, 0.6) is 0 Å². The maximum atomic E-state index is 13.3. The van der Waals surface area contributed by atoms with Crippen molar-refractivity contribution in [3.05, 3.63) is 0 Å². The smallest absolute Gasteiger partial charge is 0.325 e. The summed E-state index contributed by atoms with van der Waals surface area (Å²) in [6, 6.07) is -0.445. The second-order valence-electron chi connectivity index (χ2n) is 9.80. The van der Waals surface area contributed by atoms with E-state index in [1.807, 2.05) is 4.90 Å². The lowest BCUT2D eigenvalue weighted by molar-refractivity contribution is -0.139. The highest BCUT2D eigenvalue weighted by Gasteiger charge is 2.54. The van der Waals surface area contributed by atoms with E-state index in [4.69, 9.17) is 0 Å². The second kappa shape index (κ2) is 9.25. The molecule has 30 heavy (non-hydrogen) atoms. The van der Waals surface area contributed by atoms with Crippen molar-refractivity contribution < 1.29 is 14.4 Å². The van der Waals surface area contributed by atoms with E-state index in [0.29, 0.717) is 31.7 Å². The zero-order valence-corrected chi connectivity index (χ0v) is 18.5. The molecule has 1 atom stereocenters. The van der Waals surface area contributed by atoms with E-state index < -0.39 is 5.54 Å². The van der Waals surface area contributed by atoms with E-state index >= 15 is 0 Å². The molecule has 3 saturated heterocycles. The quantitative estimate of drug-likeness (QED) is 0.697. The Morgan fingerprint density at radius 3 is 2.47 bits per heavy atom. The number of rotatable bonds is 5. The lowest BCUT2D eigenvalue weighted by atomic mass is 9.86. The van der Waals surface area contributed by atoms with Crippen molar-refractivity contribution in [2.24, 2.45) is 5.92 Å². The van der Waals surface area contributed by atoms with Gasteiger partial charge in [-0.15, -0.1) is 0 Å². The van der Waals surface area contributed by atoms with Crippen LogP contribution < -0.4 is 5.32 Å². The molecular formula is C23H38N4O3. The molecule has 3 heterocycles. The van der Waals surface area contributed by atoms with Gasteiger partial charge in [0.15, 0.2) is 0 Å². The van der Waals surface area contributed by atoms with Gasteiger partial charge in [0.05, 0.1) is 6.04 Å². The predicted molar refractivity (Wildman–Crippen MR) is 115 cm³/mol. The third-order valence-electron chi connectivity index (χ3n) is 7.96. The van der Waals surface area contributed by atoms with Gasteiger partial charge in [-0.1, -0.05) is 39.0 Å². The molecule has 4 aliphatic rings. The van der Waals surface area contributed by atoms with Crippen LogP contribution in [0.2, 0.25) is 0 Å². The Bertz CT molecular complexity index is 653. The number of nitrogens with zero attached hydrogens (tertiary/aromatic N) is 3. The number of imide groups is 1. The minimum atomic E-state index is -0.726. The van der Waals surface area contributed by atoms with Crippen molar-refractivity contribution in [2.45, 2.75) is 89.1 Å². The molecule has 0 aromatic heterocycles. The third kappa shape index (κ3) is 4.36. The van der Waals surface area contributed by atoms with Crippen LogP contribution >= 0.6 is 0 Å². The van der Waals surface area contributed by atoms with Crippen LogP contribution in [0.3, 0.4) is 0 Å². The summed E-state index contributed by atoms with van der Waals surface area (Å²) in [5.41, 5.74) is -0.726. The summed E-state index contributed by atoms with van der Waals surface area (Å²) in [6.45, 7) is 6.03. The summed E-state index contributed by atoms with van der Waals surface area (Å²) < 4.78 is 0. The van der Waals surface area contributed by atoms with Crippen molar-refractivity contribution in [3.8, 4) is 0 Å². The first kappa shape index (κ1) is 21.6. The maximum Gasteiger partial charge on any atom is 0.325 e. The van der Waals surface area contributed by atoms with Crippen LogP contribution in [0, 0.1) is 5.92 Å². The minimum absolute atomic E-state index is 0.0650. The van der Waals surface area contributed by atoms with Gasteiger partial charge in [-0.25, -0.2) is 4.79 Å². The fraction of sp³-hybridized carbons (Fsp3) is 0.870. The minimum Gasteiger partial charge on any atom is -0.341 e. The molecular weight excluding hydrogens is 380 g/mol. The summed E-state index contributed by atoms with van der Waals surface area (Å²) in [5, 5.41) is 3.03. The predicted octanol–water partition coefficient (Wildman–Crippen LogP) is 2.74. The van der Waals surface area contributed by atoms with Crippen LogP contribution in [0.4, 0.5) is 4.79 Å². The first-order chi connectivity index (χ1) is 14.5. The Kier molecular flexibility index (Phi) is 6.66. The van der Waals surface area contributed by atoms with E-state index in [1.54, 1.807) is 0 Å². The molecule has 4 fully saturated rings. The topological polar surface area (TPSA) is 73.0 Å². The Balaban J connectivity index is 1.34. The Labute approximate surface area is 180 Å². The van der Waals surface area contributed by atoms with E-state index in [1.165, 1.54) is 37.0 Å². The third-order valence-corrected chi connectivity index (χ3v) is 7.96. The molecule has 3 aliphatic heterocycles. The molecule has 0 radical (unpaired) electrons. The number of amides is 4. The first-order valence-corrected chi connectivity index (χ1v) is 12.2. The number of urea groups is 1. The van der Waals surface area contributed by atoms with Gasteiger partial charge in [0.2, 0.25) is 5.91 Å². The molecule has 1 spiro atoms. The van der Waals surface area contributed by atoms with Gasteiger partial charge in [-0.05, 0) is 44.6 Å². The average molecular weight is 419 g/mol. The van der Waals surface area contributed by atoms with Crippen LogP contribution in [0.25, 0.3) is 0 Å². The number of likely N-dealkylation sites (tertiary alicyclic amines) is 2. The second-order valence-corrected chi connectivity index (χ2v) is 9.80. The van der Waals surface area contributed by atoms with Gasteiger partial charge < -0.3 is 15.1 Å². The van der Waals surface area contributed by atoms with E-state index in [-0.39, 0.29) is 23.9 Å². The molecule has 4 rings (SSSR count). The number of hydrogen-bond acceptors (Lipinski definition) is 4. The van der Waals surface area contributed by atoms with Crippen LogP contribution in [0.1, 0.15) is 77.6 Å². The van der Waals surface area contributed by atoms with Gasteiger partial charge in [0.1, 0.15) is 5.54 Å². The van der Waals surface area contributed by atoms with Gasteiger partial charge in [0, 0.05) is 32.6 Å². The normalized spacial score (nSPS) is 28.2. The van der Waals surface area contributed by atoms with Crippen molar-refractivity contribution in [2.75, 3.05) is 32.7 Å². The molecule has 1 saturated carbocycles. The number of carbonyl (C=O) groups excluding carboxylic acids is 3. The highest BCUT2D eigenvalue weighted by molar-refractivity contribution is 6.07. The van der Waals surface area contributed by atoms with Crippen molar-refractivity contribution in [3.63, 3.8) is 0 Å². The van der Waals surface area contributed by atoms with Gasteiger partial charge in [-0.2, -0.15) is 0 Å². The fourth-order valence-electron chi connectivity index (χ4n) is 5.92. The zero-order valence-electron chi connectivity index (χ0n) is 18.5. The SMILES string of the molecule is CCN1CCC2(CC1)NC(=O)N(C1CCCN(C(=O)CCC3CCCCC3)C1)C2=O. The lowest BCUT2D eigenvalue weighted by Crippen LogP contribution is -2.56. The molecule has 7 nitrogen and oxygen atoms in total. The zero-order chi connectivity index (χ0) is 21.1. The highest BCUT2D eigenvalue weighted by atomic mass is 16.2. The molecule has 168 valence electrons. The standard InChI is InChI=1S/C23H38N4O3/c1-2-25-15-12-23(13-16-25)21(29)27(22(30)24-23)19-9-6-14-26(17-19)20(28)11-10-18-7-4-3-5-8-18/h18-19H,2-17H2,1H3,(H,24,30). The van der Waals surface area contributed by atoms with Gasteiger partial charge in [0.25, 0.3) is 5.91 Å².